The highest BCUT2D eigenvalue weighted by atomic mass is 16.5. The zero-order chi connectivity index (χ0) is 14.4. The fourth-order valence-corrected chi connectivity index (χ4v) is 3.22. The molecule has 0 bridgehead atoms. The van der Waals surface area contributed by atoms with E-state index in [9.17, 15) is 4.79 Å². The van der Waals surface area contributed by atoms with Crippen molar-refractivity contribution in [1.82, 2.24) is 10.2 Å². The van der Waals surface area contributed by atoms with Crippen molar-refractivity contribution >= 4 is 6.03 Å². The van der Waals surface area contributed by atoms with Gasteiger partial charge in [-0.15, -0.1) is 0 Å². The quantitative estimate of drug-likeness (QED) is 0.805. The monoisotopic (exact) mass is 282 g/mol. The lowest BCUT2D eigenvalue weighted by atomic mass is 9.88. The van der Waals surface area contributed by atoms with E-state index in [0.29, 0.717) is 25.2 Å². The Hall–Kier alpha value is -0.770. The number of ether oxygens (including phenoxy) is 1. The predicted octanol–water partition coefficient (Wildman–Crippen LogP) is 3.02. The number of nitrogens with zero attached hydrogens (tertiary/aromatic N) is 1. The largest absolute Gasteiger partial charge is 0.376 e. The Morgan fingerprint density at radius 1 is 1.15 bits per heavy atom. The summed E-state index contributed by atoms with van der Waals surface area (Å²) in [7, 11) is 0. The fraction of sp³-hybridized carbons (Fsp3) is 0.938. The van der Waals surface area contributed by atoms with E-state index >= 15 is 0 Å². The van der Waals surface area contributed by atoms with Crippen LogP contribution in [-0.2, 0) is 4.74 Å². The second kappa shape index (κ2) is 7.87. The highest BCUT2D eigenvalue weighted by molar-refractivity contribution is 5.74. The molecule has 4 heteroatoms. The Balaban J connectivity index is 1.57. The topological polar surface area (TPSA) is 41.6 Å². The molecule has 1 N–H and O–H groups in total. The Bertz CT molecular complexity index is 301. The number of hydrogen-bond acceptors (Lipinski definition) is 2. The summed E-state index contributed by atoms with van der Waals surface area (Å²) in [6.07, 6.45) is 7.74. The number of hydrogen-bond donors (Lipinski definition) is 1. The van der Waals surface area contributed by atoms with E-state index in [1.807, 2.05) is 4.90 Å². The molecule has 2 fully saturated rings. The lowest BCUT2D eigenvalue weighted by molar-refractivity contribution is -0.00278. The molecule has 0 aromatic carbocycles. The van der Waals surface area contributed by atoms with Gasteiger partial charge >= 0.3 is 6.03 Å². The zero-order valence-electron chi connectivity index (χ0n) is 13.1. The number of carbonyl (C=O) groups excluding carboxylic acids is 1. The molecule has 20 heavy (non-hydrogen) atoms. The first-order chi connectivity index (χ1) is 9.66. The van der Waals surface area contributed by atoms with Crippen molar-refractivity contribution in [1.29, 1.82) is 0 Å². The molecular weight excluding hydrogens is 252 g/mol. The number of rotatable bonds is 4. The maximum absolute atomic E-state index is 12.0. The van der Waals surface area contributed by atoms with Crippen molar-refractivity contribution in [3.8, 4) is 0 Å². The molecule has 0 aromatic rings. The summed E-state index contributed by atoms with van der Waals surface area (Å²) in [5, 5.41) is 2.98. The lowest BCUT2D eigenvalue weighted by Gasteiger charge is -2.31. The van der Waals surface area contributed by atoms with Gasteiger partial charge in [-0.05, 0) is 37.5 Å². The van der Waals surface area contributed by atoms with Crippen molar-refractivity contribution in [2.24, 2.45) is 11.8 Å². The molecule has 116 valence electrons. The van der Waals surface area contributed by atoms with Gasteiger partial charge in [0, 0.05) is 19.6 Å². The van der Waals surface area contributed by atoms with Crippen molar-refractivity contribution < 1.29 is 9.53 Å². The summed E-state index contributed by atoms with van der Waals surface area (Å²) in [4.78, 5) is 13.9. The molecule has 1 saturated heterocycles. The van der Waals surface area contributed by atoms with Crippen LogP contribution in [-0.4, -0.2) is 43.3 Å². The molecule has 0 radical (unpaired) electrons. The molecule has 2 rings (SSSR count). The molecule has 1 aliphatic heterocycles. The van der Waals surface area contributed by atoms with Crippen LogP contribution in [0.3, 0.4) is 0 Å². The molecular formula is C16H30N2O2. The van der Waals surface area contributed by atoms with E-state index in [4.69, 9.17) is 4.74 Å². The third-order valence-corrected chi connectivity index (χ3v) is 4.81. The van der Waals surface area contributed by atoms with E-state index in [-0.39, 0.29) is 6.03 Å². The van der Waals surface area contributed by atoms with Gasteiger partial charge in [0.05, 0.1) is 12.7 Å². The van der Waals surface area contributed by atoms with Gasteiger partial charge in [0.2, 0.25) is 0 Å². The number of likely N-dealkylation sites (tertiary alicyclic amines) is 1. The third-order valence-electron chi connectivity index (χ3n) is 4.81. The maximum Gasteiger partial charge on any atom is 0.317 e. The maximum atomic E-state index is 12.0. The van der Waals surface area contributed by atoms with Gasteiger partial charge in [-0.3, -0.25) is 0 Å². The summed E-state index contributed by atoms with van der Waals surface area (Å²) in [6, 6.07) is 0.0807. The van der Waals surface area contributed by atoms with Gasteiger partial charge in [-0.25, -0.2) is 4.79 Å². The van der Waals surface area contributed by atoms with E-state index in [0.717, 1.165) is 31.8 Å². The van der Waals surface area contributed by atoms with Crippen LogP contribution in [0.5, 0.6) is 0 Å². The van der Waals surface area contributed by atoms with Crippen LogP contribution in [0.1, 0.15) is 52.4 Å². The van der Waals surface area contributed by atoms with Crippen LogP contribution in [0.25, 0.3) is 0 Å². The summed E-state index contributed by atoms with van der Waals surface area (Å²) in [5.74, 6) is 1.43. The Kier molecular flexibility index (Phi) is 6.14. The molecule has 2 atom stereocenters. The summed E-state index contributed by atoms with van der Waals surface area (Å²) >= 11 is 0. The van der Waals surface area contributed by atoms with Gasteiger partial charge < -0.3 is 15.0 Å². The van der Waals surface area contributed by atoms with E-state index in [2.05, 4.69) is 19.2 Å². The van der Waals surface area contributed by atoms with Crippen LogP contribution in [0.2, 0.25) is 0 Å². The first-order valence-corrected chi connectivity index (χ1v) is 8.31. The molecule has 0 spiro atoms. The Morgan fingerprint density at radius 2 is 1.85 bits per heavy atom. The van der Waals surface area contributed by atoms with Crippen LogP contribution < -0.4 is 5.32 Å². The average molecular weight is 282 g/mol. The molecule has 1 aliphatic carbocycles. The molecule has 1 heterocycles. The van der Waals surface area contributed by atoms with Crippen LogP contribution in [0.15, 0.2) is 0 Å². The van der Waals surface area contributed by atoms with Gasteiger partial charge in [-0.2, -0.15) is 0 Å². The molecule has 0 aromatic heterocycles. The van der Waals surface area contributed by atoms with E-state index < -0.39 is 0 Å². The average Bonchev–Trinajstić information content (AvgIpc) is 2.46. The fourth-order valence-electron chi connectivity index (χ4n) is 3.22. The van der Waals surface area contributed by atoms with Crippen molar-refractivity contribution in [3.05, 3.63) is 0 Å². The molecule has 2 aliphatic rings. The smallest absolute Gasteiger partial charge is 0.317 e. The Morgan fingerprint density at radius 3 is 2.55 bits per heavy atom. The van der Waals surface area contributed by atoms with Crippen LogP contribution in [0, 0.1) is 11.8 Å². The van der Waals surface area contributed by atoms with Gasteiger partial charge in [0.15, 0.2) is 0 Å². The van der Waals surface area contributed by atoms with Gasteiger partial charge in [0.1, 0.15) is 0 Å². The first kappa shape index (κ1) is 15.6. The molecule has 4 nitrogen and oxygen atoms in total. The second-order valence-corrected chi connectivity index (χ2v) is 6.57. The minimum absolute atomic E-state index is 0.0807. The predicted molar refractivity (Wildman–Crippen MR) is 80.7 cm³/mol. The number of carbonyl (C=O) groups is 1. The minimum Gasteiger partial charge on any atom is -0.376 e. The van der Waals surface area contributed by atoms with Crippen LogP contribution in [0.4, 0.5) is 4.79 Å². The highest BCUT2D eigenvalue weighted by Gasteiger charge is 2.22. The SMILES string of the molecule is CC1CCN(C(=O)NCCOC2CCCCC2C)CC1. The van der Waals surface area contributed by atoms with Crippen LogP contribution >= 0.6 is 0 Å². The standard InChI is InChI=1S/C16H30N2O2/c1-13-7-10-18(11-8-13)16(19)17-9-12-20-15-6-4-3-5-14(15)2/h13-15H,3-12H2,1-2H3,(H,17,19). The lowest BCUT2D eigenvalue weighted by Crippen LogP contribution is -2.45. The Labute approximate surface area is 123 Å². The summed E-state index contributed by atoms with van der Waals surface area (Å²) in [6.45, 7) is 7.60. The van der Waals surface area contributed by atoms with Crippen molar-refractivity contribution in [2.75, 3.05) is 26.2 Å². The molecule has 2 amide bonds. The normalized spacial score (nSPS) is 28.4. The highest BCUT2D eigenvalue weighted by Crippen LogP contribution is 2.26. The van der Waals surface area contributed by atoms with Gasteiger partial charge in [-0.1, -0.05) is 26.7 Å². The first-order valence-electron chi connectivity index (χ1n) is 8.31. The second-order valence-electron chi connectivity index (χ2n) is 6.57. The summed E-state index contributed by atoms with van der Waals surface area (Å²) in [5.41, 5.74) is 0. The van der Waals surface area contributed by atoms with E-state index in [1.165, 1.54) is 25.7 Å². The number of nitrogens with one attached hydrogen (secondary N) is 1. The zero-order valence-corrected chi connectivity index (χ0v) is 13.1. The molecule has 2 unspecified atom stereocenters. The number of amides is 2. The van der Waals surface area contributed by atoms with E-state index in [1.54, 1.807) is 0 Å². The third kappa shape index (κ3) is 4.65. The summed E-state index contributed by atoms with van der Waals surface area (Å²) < 4.78 is 5.92. The molecule has 1 saturated carbocycles. The van der Waals surface area contributed by atoms with Gasteiger partial charge in [0.25, 0.3) is 0 Å². The van der Waals surface area contributed by atoms with Crippen molar-refractivity contribution in [3.63, 3.8) is 0 Å². The van der Waals surface area contributed by atoms with Crippen molar-refractivity contribution in [2.45, 2.75) is 58.5 Å². The number of piperidine rings is 1. The number of urea groups is 1. The minimum atomic E-state index is 0.0807.